The fourth-order valence-corrected chi connectivity index (χ4v) is 9.81. The lowest BCUT2D eigenvalue weighted by Crippen LogP contribution is -1.97. The van der Waals surface area contributed by atoms with E-state index in [4.69, 9.17) is 0 Å². The molecule has 0 fully saturated rings. The lowest BCUT2D eigenvalue weighted by atomic mass is 9.89. The van der Waals surface area contributed by atoms with E-state index < -0.39 is 0 Å². The van der Waals surface area contributed by atoms with Crippen molar-refractivity contribution in [2.24, 2.45) is 0 Å². The van der Waals surface area contributed by atoms with Crippen LogP contribution in [0.2, 0.25) is 0 Å². The van der Waals surface area contributed by atoms with Crippen molar-refractivity contribution >= 4 is 49.3 Å². The van der Waals surface area contributed by atoms with E-state index in [-0.39, 0.29) is 0 Å². The van der Waals surface area contributed by atoms with Crippen LogP contribution >= 0.6 is 0 Å². The van der Waals surface area contributed by atoms with E-state index in [1.807, 2.05) is 0 Å². The Kier molecular flexibility index (Phi) is 8.83. The van der Waals surface area contributed by atoms with Crippen molar-refractivity contribution in [2.75, 3.05) is 0 Å². The molecule has 0 atom stereocenters. The molecule has 2 aromatic heterocycles. The van der Waals surface area contributed by atoms with Crippen molar-refractivity contribution in [1.82, 2.24) is 9.13 Å². The highest BCUT2D eigenvalue weighted by Crippen LogP contribution is 2.42. The van der Waals surface area contributed by atoms with Gasteiger partial charge in [-0.05, 0) is 162 Å². The standard InChI is InChI=1S/C59H46N2/c1-38-16-12-13-21-48(38)52-34-42(26-24-39(52)2)43-27-25-40(3)53(35-43)49-30-31-51-55-37-45(29-33-58(55)61(59(51)41(49)4)47-19-10-7-11-20-47)44-28-32-57-54(36-44)50-22-14-15-23-56(50)60(57)46-17-8-5-6-9-18-46/h5-8,10-37H,9H2,1-4H3. The molecule has 0 spiro atoms. The van der Waals surface area contributed by atoms with Gasteiger partial charge in [0.05, 0.1) is 22.1 Å². The second kappa shape index (κ2) is 14.7. The van der Waals surface area contributed by atoms with Gasteiger partial charge in [-0.15, -0.1) is 0 Å². The molecule has 1 aliphatic carbocycles. The Morgan fingerprint density at radius 3 is 1.70 bits per heavy atom. The topological polar surface area (TPSA) is 9.86 Å². The first-order valence-corrected chi connectivity index (χ1v) is 21.4. The maximum absolute atomic E-state index is 2.47. The summed E-state index contributed by atoms with van der Waals surface area (Å²) in [6, 6.07) is 61.0. The Morgan fingerprint density at radius 2 is 0.967 bits per heavy atom. The van der Waals surface area contributed by atoms with Crippen molar-refractivity contribution < 1.29 is 0 Å². The Hall–Kier alpha value is -7.42. The number of nitrogens with zero attached hydrogens (tertiary/aromatic N) is 2. The first-order valence-electron chi connectivity index (χ1n) is 21.4. The third-order valence-electron chi connectivity index (χ3n) is 13.0. The lowest BCUT2D eigenvalue weighted by Gasteiger charge is -2.16. The fraction of sp³-hybridized carbons (Fsp3) is 0.0847. The molecule has 0 saturated heterocycles. The molecule has 0 amide bonds. The van der Waals surface area contributed by atoms with Crippen LogP contribution in [0.1, 0.15) is 28.7 Å². The number of allylic oxidation sites excluding steroid dienone is 6. The zero-order chi connectivity index (χ0) is 41.2. The monoisotopic (exact) mass is 782 g/mol. The van der Waals surface area contributed by atoms with Crippen LogP contribution < -0.4 is 0 Å². The van der Waals surface area contributed by atoms with Gasteiger partial charge in [0.1, 0.15) is 0 Å². The molecule has 8 aromatic carbocycles. The van der Waals surface area contributed by atoms with E-state index >= 15 is 0 Å². The molecule has 2 nitrogen and oxygen atoms in total. The molecule has 292 valence electrons. The number of rotatable bonds is 6. The summed E-state index contributed by atoms with van der Waals surface area (Å²) in [7, 11) is 0. The highest BCUT2D eigenvalue weighted by Gasteiger charge is 2.20. The number of fused-ring (bicyclic) bond motifs is 6. The van der Waals surface area contributed by atoms with E-state index in [0.717, 1.165) is 12.1 Å². The van der Waals surface area contributed by atoms with Gasteiger partial charge in [0.25, 0.3) is 0 Å². The number of benzene rings is 8. The average Bonchev–Trinajstić information content (AvgIpc) is 3.66. The molecular formula is C59H46N2. The van der Waals surface area contributed by atoms with Gasteiger partial charge in [-0.2, -0.15) is 0 Å². The number of aromatic nitrogens is 2. The molecule has 61 heavy (non-hydrogen) atoms. The molecule has 0 radical (unpaired) electrons. The summed E-state index contributed by atoms with van der Waals surface area (Å²) in [5.41, 5.74) is 22.4. The minimum Gasteiger partial charge on any atom is -0.310 e. The van der Waals surface area contributed by atoms with Gasteiger partial charge in [0.15, 0.2) is 0 Å². The van der Waals surface area contributed by atoms with E-state index in [1.165, 1.54) is 116 Å². The van der Waals surface area contributed by atoms with Crippen LogP contribution in [-0.4, -0.2) is 9.13 Å². The third-order valence-corrected chi connectivity index (χ3v) is 13.0. The summed E-state index contributed by atoms with van der Waals surface area (Å²) >= 11 is 0. The fourth-order valence-electron chi connectivity index (χ4n) is 9.81. The third kappa shape index (κ3) is 6.09. The van der Waals surface area contributed by atoms with Crippen molar-refractivity contribution in [2.45, 2.75) is 34.1 Å². The predicted octanol–water partition coefficient (Wildman–Crippen LogP) is 16.2. The predicted molar refractivity (Wildman–Crippen MR) is 262 cm³/mol. The highest BCUT2D eigenvalue weighted by molar-refractivity contribution is 6.14. The zero-order valence-corrected chi connectivity index (χ0v) is 35.1. The quantitative estimate of drug-likeness (QED) is 0.159. The Bertz CT molecular complexity index is 3470. The minimum absolute atomic E-state index is 0.918. The number of hydrogen-bond donors (Lipinski definition) is 0. The van der Waals surface area contributed by atoms with Crippen LogP contribution in [0.25, 0.3) is 99.5 Å². The van der Waals surface area contributed by atoms with Crippen LogP contribution in [0.15, 0.2) is 194 Å². The smallest absolute Gasteiger partial charge is 0.0576 e. The van der Waals surface area contributed by atoms with Crippen LogP contribution in [-0.2, 0) is 0 Å². The molecule has 11 rings (SSSR count). The largest absolute Gasteiger partial charge is 0.310 e. The second-order valence-electron chi connectivity index (χ2n) is 16.6. The summed E-state index contributed by atoms with van der Waals surface area (Å²) in [6.07, 6.45) is 11.9. The normalized spacial score (nSPS) is 12.8. The van der Waals surface area contributed by atoms with Crippen molar-refractivity contribution in [3.05, 3.63) is 216 Å². The maximum Gasteiger partial charge on any atom is 0.0576 e. The van der Waals surface area contributed by atoms with Crippen molar-refractivity contribution in [3.63, 3.8) is 0 Å². The van der Waals surface area contributed by atoms with Gasteiger partial charge in [-0.1, -0.05) is 133 Å². The first kappa shape index (κ1) is 36.6. The SMILES string of the molecule is Cc1ccccc1-c1cc(-c2ccc(C)c(-c3ccc4c5cc(-c6ccc7c(c6)c6ccccc6n7C6=CCC=CC=C6)ccc5n(-c5ccccc5)c4c3C)c2)ccc1C. The Balaban J connectivity index is 1.06. The van der Waals surface area contributed by atoms with Gasteiger partial charge in [0, 0.05) is 32.9 Å². The molecule has 10 aromatic rings. The van der Waals surface area contributed by atoms with Gasteiger partial charge < -0.3 is 9.13 Å². The molecule has 0 bridgehead atoms. The van der Waals surface area contributed by atoms with Crippen molar-refractivity contribution in [1.29, 1.82) is 0 Å². The molecule has 2 heterocycles. The molecule has 2 heteroatoms. The van der Waals surface area contributed by atoms with E-state index in [1.54, 1.807) is 0 Å². The van der Waals surface area contributed by atoms with E-state index in [0.29, 0.717) is 0 Å². The van der Waals surface area contributed by atoms with Crippen molar-refractivity contribution in [3.8, 4) is 50.2 Å². The Labute approximate surface area is 357 Å². The molecule has 0 unspecified atom stereocenters. The summed E-state index contributed by atoms with van der Waals surface area (Å²) < 4.78 is 4.89. The van der Waals surface area contributed by atoms with Gasteiger partial charge in [0.2, 0.25) is 0 Å². The average molecular weight is 783 g/mol. The minimum atomic E-state index is 0.918. The summed E-state index contributed by atoms with van der Waals surface area (Å²) in [6.45, 7) is 8.96. The molecule has 0 aliphatic heterocycles. The summed E-state index contributed by atoms with van der Waals surface area (Å²) in [5, 5.41) is 5.05. The van der Waals surface area contributed by atoms with Crippen LogP contribution in [0.3, 0.4) is 0 Å². The van der Waals surface area contributed by atoms with Crippen LogP contribution in [0, 0.1) is 27.7 Å². The maximum atomic E-state index is 2.47. The Morgan fingerprint density at radius 1 is 0.393 bits per heavy atom. The summed E-state index contributed by atoms with van der Waals surface area (Å²) in [4.78, 5) is 0. The van der Waals surface area contributed by atoms with Gasteiger partial charge >= 0.3 is 0 Å². The molecular weight excluding hydrogens is 737 g/mol. The second-order valence-corrected chi connectivity index (χ2v) is 16.6. The lowest BCUT2D eigenvalue weighted by molar-refractivity contribution is 1.17. The molecule has 1 aliphatic rings. The van der Waals surface area contributed by atoms with E-state index in [2.05, 4.69) is 231 Å². The number of aryl methyl sites for hydroxylation is 4. The molecule has 0 saturated carbocycles. The highest BCUT2D eigenvalue weighted by atomic mass is 15.0. The zero-order valence-electron chi connectivity index (χ0n) is 35.1. The van der Waals surface area contributed by atoms with E-state index in [9.17, 15) is 0 Å². The number of hydrogen-bond acceptors (Lipinski definition) is 0. The first-order chi connectivity index (χ1) is 29.9. The van der Waals surface area contributed by atoms with Crippen LogP contribution in [0.4, 0.5) is 0 Å². The number of para-hydroxylation sites is 2. The van der Waals surface area contributed by atoms with Crippen LogP contribution in [0.5, 0.6) is 0 Å². The summed E-state index contributed by atoms with van der Waals surface area (Å²) in [5.74, 6) is 0. The molecule has 0 N–H and O–H groups in total. The van der Waals surface area contributed by atoms with Gasteiger partial charge in [-0.3, -0.25) is 0 Å². The van der Waals surface area contributed by atoms with Gasteiger partial charge in [-0.25, -0.2) is 0 Å².